The summed E-state index contributed by atoms with van der Waals surface area (Å²) in [5.41, 5.74) is 5.35. The summed E-state index contributed by atoms with van der Waals surface area (Å²) < 4.78 is 0. The summed E-state index contributed by atoms with van der Waals surface area (Å²) in [7, 11) is 0. The van der Waals surface area contributed by atoms with Crippen LogP contribution in [0.1, 0.15) is 32.8 Å². The van der Waals surface area contributed by atoms with Gasteiger partial charge in [0.1, 0.15) is 0 Å². The molecule has 2 heteroatoms. The second-order valence-corrected chi connectivity index (χ2v) is 7.75. The zero-order chi connectivity index (χ0) is 18.3. The van der Waals surface area contributed by atoms with E-state index in [1.807, 2.05) is 11.8 Å². The third-order valence-corrected chi connectivity index (χ3v) is 6.31. The summed E-state index contributed by atoms with van der Waals surface area (Å²) in [5, 5.41) is 0.552. The molecule has 4 aromatic carbocycles. The molecule has 3 radical (unpaired) electrons. The van der Waals surface area contributed by atoms with E-state index in [-0.39, 0.29) is 36.7 Å². The van der Waals surface area contributed by atoms with Gasteiger partial charge in [0.05, 0.1) is 10.5 Å². The van der Waals surface area contributed by atoms with Gasteiger partial charge in [0, 0.05) is 26.2 Å². The van der Waals surface area contributed by atoms with Crippen molar-refractivity contribution in [2.75, 3.05) is 0 Å². The molecule has 0 fully saturated rings. The molecule has 137 valence electrons. The van der Waals surface area contributed by atoms with Gasteiger partial charge in [-0.1, -0.05) is 121 Å². The zero-order valence-corrected chi connectivity index (χ0v) is 19.9. The quantitative estimate of drug-likeness (QED) is 0.225. The summed E-state index contributed by atoms with van der Waals surface area (Å²) in [5.74, 6) is 0. The van der Waals surface area contributed by atoms with E-state index in [9.17, 15) is 0 Å². The minimum Gasteiger partial charge on any atom is -0.136 e. The smallest absolute Gasteiger partial charge is 0.0556 e. The standard InChI is InChI=1S/C26H22S.Bi/c1-5-13-21(14-6-1)25(22-15-7-2-8-16-22)27-26(23-17-9-3-10-18-23)24-19-11-4-12-20-24;/h1-20,25-26H;. The molecule has 0 aromatic heterocycles. The number of thioether (sulfide) groups is 1. The molecule has 28 heavy (non-hydrogen) atoms. The van der Waals surface area contributed by atoms with Crippen molar-refractivity contribution in [3.63, 3.8) is 0 Å². The summed E-state index contributed by atoms with van der Waals surface area (Å²) in [6.45, 7) is 0. The van der Waals surface area contributed by atoms with Gasteiger partial charge in [0.25, 0.3) is 0 Å². The fourth-order valence-corrected chi connectivity index (χ4v) is 4.88. The van der Waals surface area contributed by atoms with Crippen molar-refractivity contribution in [1.29, 1.82) is 0 Å². The Morgan fingerprint density at radius 1 is 0.357 bits per heavy atom. The van der Waals surface area contributed by atoms with Crippen molar-refractivity contribution < 1.29 is 0 Å². The zero-order valence-electron chi connectivity index (χ0n) is 15.6. The normalized spacial score (nSPS) is 10.6. The second kappa shape index (κ2) is 10.6. The second-order valence-electron chi connectivity index (χ2n) is 6.54. The first-order valence-electron chi connectivity index (χ1n) is 9.27. The van der Waals surface area contributed by atoms with Gasteiger partial charge in [0.15, 0.2) is 0 Å². The van der Waals surface area contributed by atoms with Gasteiger partial charge in [-0.25, -0.2) is 0 Å². The van der Waals surface area contributed by atoms with Crippen molar-refractivity contribution in [3.05, 3.63) is 144 Å². The van der Waals surface area contributed by atoms with Crippen molar-refractivity contribution >= 4 is 38.0 Å². The summed E-state index contributed by atoms with van der Waals surface area (Å²) in [6.07, 6.45) is 0. The number of benzene rings is 4. The van der Waals surface area contributed by atoms with E-state index in [1.165, 1.54) is 22.3 Å². The monoisotopic (exact) mass is 575 g/mol. The molecular weight excluding hydrogens is 553 g/mol. The number of hydrogen-bond acceptors (Lipinski definition) is 1. The minimum absolute atomic E-state index is 0. The molecule has 0 amide bonds. The maximum atomic E-state index is 2.23. The van der Waals surface area contributed by atoms with Crippen LogP contribution in [0.3, 0.4) is 0 Å². The van der Waals surface area contributed by atoms with Crippen molar-refractivity contribution in [1.82, 2.24) is 0 Å². The first kappa shape index (κ1) is 20.8. The van der Waals surface area contributed by atoms with Crippen LogP contribution in [0, 0.1) is 0 Å². The topological polar surface area (TPSA) is 0 Å². The van der Waals surface area contributed by atoms with E-state index in [0.29, 0.717) is 0 Å². The first-order valence-corrected chi connectivity index (χ1v) is 10.2. The molecule has 4 rings (SSSR count). The van der Waals surface area contributed by atoms with Crippen molar-refractivity contribution in [2.24, 2.45) is 0 Å². The van der Waals surface area contributed by atoms with Crippen molar-refractivity contribution in [2.45, 2.75) is 10.5 Å². The van der Waals surface area contributed by atoms with Crippen LogP contribution in [-0.2, 0) is 0 Å². The number of hydrogen-bond donors (Lipinski definition) is 0. The van der Waals surface area contributed by atoms with Gasteiger partial charge in [-0.15, -0.1) is 11.8 Å². The minimum atomic E-state index is 0. The van der Waals surface area contributed by atoms with Crippen LogP contribution in [0.5, 0.6) is 0 Å². The molecule has 4 aromatic rings. The van der Waals surface area contributed by atoms with Crippen LogP contribution in [0.15, 0.2) is 121 Å². The van der Waals surface area contributed by atoms with E-state index < -0.39 is 0 Å². The third-order valence-electron chi connectivity index (χ3n) is 4.68. The van der Waals surface area contributed by atoms with Crippen LogP contribution in [-0.4, -0.2) is 26.2 Å². The Labute approximate surface area is 191 Å². The van der Waals surface area contributed by atoms with E-state index in [0.717, 1.165) is 0 Å². The van der Waals surface area contributed by atoms with Crippen LogP contribution >= 0.6 is 11.8 Å². The summed E-state index contributed by atoms with van der Waals surface area (Å²) >= 11 is 2.00. The van der Waals surface area contributed by atoms with E-state index in [1.54, 1.807) is 0 Å². The average molecular weight is 576 g/mol. The molecule has 0 heterocycles. The molecule has 0 spiro atoms. The van der Waals surface area contributed by atoms with Crippen LogP contribution < -0.4 is 0 Å². The van der Waals surface area contributed by atoms with Crippen LogP contribution in [0.4, 0.5) is 0 Å². The first-order chi connectivity index (χ1) is 13.4. The van der Waals surface area contributed by atoms with Crippen LogP contribution in [0.25, 0.3) is 0 Å². The predicted octanol–water partition coefficient (Wildman–Crippen LogP) is 6.92. The molecule has 0 atom stereocenters. The molecule has 0 bridgehead atoms. The molecular formula is C26H22BiS. The fraction of sp³-hybridized carbons (Fsp3) is 0.0769. The Kier molecular flexibility index (Phi) is 7.89. The molecule has 0 unspecified atom stereocenters. The van der Waals surface area contributed by atoms with Gasteiger partial charge in [0.2, 0.25) is 0 Å². The van der Waals surface area contributed by atoms with Gasteiger partial charge < -0.3 is 0 Å². The molecule has 0 aliphatic carbocycles. The average Bonchev–Trinajstić information content (AvgIpc) is 2.77. The Bertz CT molecular complexity index is 781. The van der Waals surface area contributed by atoms with Gasteiger partial charge in [-0.2, -0.15) is 0 Å². The fourth-order valence-electron chi connectivity index (χ4n) is 3.35. The Balaban J connectivity index is 0.00000225. The maximum Gasteiger partial charge on any atom is 0.0556 e. The Morgan fingerprint density at radius 2 is 0.571 bits per heavy atom. The third kappa shape index (κ3) is 5.13. The Morgan fingerprint density at radius 3 is 0.786 bits per heavy atom. The summed E-state index contributed by atoms with van der Waals surface area (Å²) in [6, 6.07) is 43.3. The van der Waals surface area contributed by atoms with Gasteiger partial charge in [-0.05, 0) is 22.3 Å². The Hall–Kier alpha value is -1.89. The molecule has 0 saturated carbocycles. The molecule has 0 nitrogen and oxygen atoms in total. The largest absolute Gasteiger partial charge is 0.136 e. The van der Waals surface area contributed by atoms with E-state index in [4.69, 9.17) is 0 Å². The number of rotatable bonds is 6. The predicted molar refractivity (Wildman–Crippen MR) is 123 cm³/mol. The van der Waals surface area contributed by atoms with Gasteiger partial charge in [-0.3, -0.25) is 0 Å². The van der Waals surface area contributed by atoms with Crippen molar-refractivity contribution in [3.8, 4) is 0 Å². The summed E-state index contributed by atoms with van der Waals surface area (Å²) in [4.78, 5) is 0. The molecule has 0 aliphatic heterocycles. The van der Waals surface area contributed by atoms with E-state index >= 15 is 0 Å². The van der Waals surface area contributed by atoms with Crippen LogP contribution in [0.2, 0.25) is 0 Å². The maximum absolute atomic E-state index is 2.23. The molecule has 0 aliphatic rings. The SMILES string of the molecule is [Bi].c1ccc(C(SC(c2ccccc2)c2ccccc2)c2ccccc2)cc1. The molecule has 0 N–H and O–H groups in total. The molecule has 0 saturated heterocycles. The van der Waals surface area contributed by atoms with Gasteiger partial charge >= 0.3 is 0 Å². The van der Waals surface area contributed by atoms with E-state index in [2.05, 4.69) is 121 Å².